The Balaban J connectivity index is 1.51. The van der Waals surface area contributed by atoms with E-state index in [0.29, 0.717) is 5.69 Å². The zero-order valence-electron chi connectivity index (χ0n) is 16.1. The van der Waals surface area contributed by atoms with Gasteiger partial charge in [0.1, 0.15) is 0 Å². The number of aryl methyl sites for hydroxylation is 1. The molecule has 1 aliphatic rings. The van der Waals surface area contributed by atoms with E-state index in [-0.39, 0.29) is 10.3 Å². The number of aromatic nitrogens is 2. The minimum Gasteiger partial charge on any atom is -0.325 e. The summed E-state index contributed by atoms with van der Waals surface area (Å²) in [5.74, 6) is 1.07. The summed E-state index contributed by atoms with van der Waals surface area (Å²) in [7, 11) is -3.62. The highest BCUT2D eigenvalue weighted by Crippen LogP contribution is 2.30. The molecule has 0 amide bonds. The Morgan fingerprint density at radius 1 is 1.04 bits per heavy atom. The van der Waals surface area contributed by atoms with Gasteiger partial charge in [-0.15, -0.1) is 0 Å². The first-order valence-corrected chi connectivity index (χ1v) is 11.6. The van der Waals surface area contributed by atoms with Crippen molar-refractivity contribution < 1.29 is 8.42 Å². The van der Waals surface area contributed by atoms with E-state index in [9.17, 15) is 8.42 Å². The number of rotatable bonds is 4. The van der Waals surface area contributed by atoms with Crippen LogP contribution < -0.4 is 4.72 Å². The molecular weight excluding hydrogens is 390 g/mol. The van der Waals surface area contributed by atoms with Gasteiger partial charge in [-0.1, -0.05) is 56.8 Å². The number of benzene rings is 2. The SMILES string of the molecule is CC(C)(C)c1ccc(S(=O)(=O)Nc2ccc(-c3cn4c(n3)SCC4)cc2)cc1. The van der Waals surface area contributed by atoms with Crippen molar-refractivity contribution in [2.45, 2.75) is 42.8 Å². The number of anilines is 1. The van der Waals surface area contributed by atoms with Crippen LogP contribution in [0.3, 0.4) is 0 Å². The number of thioether (sulfide) groups is 1. The average molecular weight is 414 g/mol. The maximum atomic E-state index is 12.7. The number of sulfonamides is 1. The Morgan fingerprint density at radius 2 is 1.71 bits per heavy atom. The van der Waals surface area contributed by atoms with Gasteiger partial charge in [0.05, 0.1) is 10.6 Å². The zero-order valence-corrected chi connectivity index (χ0v) is 17.8. The third kappa shape index (κ3) is 3.82. The molecule has 0 atom stereocenters. The lowest BCUT2D eigenvalue weighted by molar-refractivity contribution is 0.587. The minimum atomic E-state index is -3.62. The molecule has 0 unspecified atom stereocenters. The van der Waals surface area contributed by atoms with Gasteiger partial charge in [0.25, 0.3) is 10.0 Å². The van der Waals surface area contributed by atoms with Crippen molar-refractivity contribution in [3.8, 4) is 11.3 Å². The molecule has 0 radical (unpaired) electrons. The van der Waals surface area contributed by atoms with Crippen LogP contribution in [0.5, 0.6) is 0 Å². The van der Waals surface area contributed by atoms with Crippen molar-refractivity contribution in [2.24, 2.45) is 0 Å². The van der Waals surface area contributed by atoms with Gasteiger partial charge in [-0.2, -0.15) is 0 Å². The van der Waals surface area contributed by atoms with E-state index in [1.165, 1.54) is 0 Å². The zero-order chi connectivity index (χ0) is 19.9. The predicted molar refractivity (Wildman–Crippen MR) is 114 cm³/mol. The summed E-state index contributed by atoms with van der Waals surface area (Å²) in [6.07, 6.45) is 2.05. The van der Waals surface area contributed by atoms with Gasteiger partial charge in [-0.05, 0) is 35.2 Å². The van der Waals surface area contributed by atoms with Crippen molar-refractivity contribution >= 4 is 27.5 Å². The molecule has 0 bridgehead atoms. The van der Waals surface area contributed by atoms with Crippen LogP contribution in [0.4, 0.5) is 5.69 Å². The highest BCUT2D eigenvalue weighted by atomic mass is 32.2. The molecule has 1 aliphatic heterocycles. The third-order valence-corrected chi connectivity index (χ3v) is 7.13. The van der Waals surface area contributed by atoms with Gasteiger partial charge in [0.15, 0.2) is 5.16 Å². The van der Waals surface area contributed by atoms with Gasteiger partial charge in [-0.25, -0.2) is 13.4 Å². The van der Waals surface area contributed by atoms with E-state index >= 15 is 0 Å². The highest BCUT2D eigenvalue weighted by Gasteiger charge is 2.18. The summed E-state index contributed by atoms with van der Waals surface area (Å²) < 4.78 is 30.2. The second kappa shape index (κ2) is 6.97. The maximum absolute atomic E-state index is 12.7. The molecule has 2 aromatic carbocycles. The van der Waals surface area contributed by atoms with Gasteiger partial charge in [0.2, 0.25) is 0 Å². The molecule has 28 heavy (non-hydrogen) atoms. The summed E-state index contributed by atoms with van der Waals surface area (Å²) >= 11 is 1.75. The first-order chi connectivity index (χ1) is 13.2. The molecule has 0 aliphatic carbocycles. The van der Waals surface area contributed by atoms with E-state index in [2.05, 4.69) is 35.0 Å². The smallest absolute Gasteiger partial charge is 0.261 e. The van der Waals surface area contributed by atoms with Crippen LogP contribution in [0.15, 0.2) is 64.8 Å². The van der Waals surface area contributed by atoms with Crippen LogP contribution in [-0.2, 0) is 22.0 Å². The maximum Gasteiger partial charge on any atom is 0.261 e. The van der Waals surface area contributed by atoms with Crippen LogP contribution >= 0.6 is 11.8 Å². The van der Waals surface area contributed by atoms with E-state index in [1.807, 2.05) is 30.5 Å². The van der Waals surface area contributed by atoms with Crippen LogP contribution in [0.25, 0.3) is 11.3 Å². The molecule has 1 N–H and O–H groups in total. The normalized spacial score (nSPS) is 14.1. The first-order valence-electron chi connectivity index (χ1n) is 9.16. The van der Waals surface area contributed by atoms with Gasteiger partial charge >= 0.3 is 0 Å². The number of nitrogens with zero attached hydrogens (tertiary/aromatic N) is 2. The summed E-state index contributed by atoms with van der Waals surface area (Å²) in [4.78, 5) is 4.88. The fraction of sp³-hybridized carbons (Fsp3) is 0.286. The van der Waals surface area contributed by atoms with Gasteiger partial charge in [0, 0.05) is 29.7 Å². The van der Waals surface area contributed by atoms with Crippen molar-refractivity contribution in [2.75, 3.05) is 10.5 Å². The summed E-state index contributed by atoms with van der Waals surface area (Å²) in [5, 5.41) is 1.04. The number of imidazole rings is 1. The molecule has 1 aromatic heterocycles. The molecule has 146 valence electrons. The molecule has 0 saturated carbocycles. The van der Waals surface area contributed by atoms with Gasteiger partial charge in [-0.3, -0.25) is 4.72 Å². The Labute approximate surface area is 170 Å². The van der Waals surface area contributed by atoms with E-state index in [0.717, 1.165) is 34.3 Å². The molecule has 5 nitrogen and oxygen atoms in total. The Hall–Kier alpha value is -2.25. The molecule has 0 spiro atoms. The summed E-state index contributed by atoms with van der Waals surface area (Å²) in [6.45, 7) is 7.29. The number of hydrogen-bond donors (Lipinski definition) is 1. The number of hydrogen-bond acceptors (Lipinski definition) is 4. The lowest BCUT2D eigenvalue weighted by Gasteiger charge is -2.19. The van der Waals surface area contributed by atoms with Crippen LogP contribution in [0, 0.1) is 0 Å². The largest absolute Gasteiger partial charge is 0.325 e. The van der Waals surface area contributed by atoms with Crippen molar-refractivity contribution in [1.29, 1.82) is 0 Å². The molecule has 2 heterocycles. The molecule has 4 rings (SSSR count). The van der Waals surface area contributed by atoms with Crippen LogP contribution in [-0.4, -0.2) is 23.7 Å². The van der Waals surface area contributed by atoms with E-state index < -0.39 is 10.0 Å². The fourth-order valence-corrected chi connectivity index (χ4v) is 5.11. The predicted octanol–water partition coefficient (Wildman–Crippen LogP) is 4.75. The lowest BCUT2D eigenvalue weighted by Crippen LogP contribution is -2.14. The quantitative estimate of drug-likeness (QED) is 0.670. The summed E-state index contributed by atoms with van der Waals surface area (Å²) in [6, 6.07) is 14.4. The Morgan fingerprint density at radius 3 is 2.32 bits per heavy atom. The second-order valence-corrected chi connectivity index (χ2v) is 10.7. The Kier molecular flexibility index (Phi) is 4.75. The average Bonchev–Trinajstić information content (AvgIpc) is 3.23. The van der Waals surface area contributed by atoms with Crippen molar-refractivity contribution in [3.05, 3.63) is 60.3 Å². The van der Waals surface area contributed by atoms with Crippen LogP contribution in [0.2, 0.25) is 0 Å². The molecule has 0 fully saturated rings. The Bertz CT molecular complexity index is 1070. The summed E-state index contributed by atoms with van der Waals surface area (Å²) in [5.41, 5.74) is 3.50. The van der Waals surface area contributed by atoms with Crippen molar-refractivity contribution in [1.82, 2.24) is 9.55 Å². The highest BCUT2D eigenvalue weighted by molar-refractivity contribution is 7.99. The fourth-order valence-electron chi connectivity index (χ4n) is 3.11. The second-order valence-electron chi connectivity index (χ2n) is 7.91. The topological polar surface area (TPSA) is 64.0 Å². The molecule has 0 saturated heterocycles. The van der Waals surface area contributed by atoms with Crippen LogP contribution in [0.1, 0.15) is 26.3 Å². The number of fused-ring (bicyclic) bond motifs is 1. The first kappa shape index (κ1) is 19.1. The molecule has 7 heteroatoms. The van der Waals surface area contributed by atoms with Gasteiger partial charge < -0.3 is 4.57 Å². The monoisotopic (exact) mass is 413 g/mol. The van der Waals surface area contributed by atoms with E-state index in [1.54, 1.807) is 36.0 Å². The van der Waals surface area contributed by atoms with Crippen molar-refractivity contribution in [3.63, 3.8) is 0 Å². The van der Waals surface area contributed by atoms with E-state index in [4.69, 9.17) is 0 Å². The minimum absolute atomic E-state index is 0.0165. The number of nitrogens with one attached hydrogen (secondary N) is 1. The molecule has 3 aromatic rings. The standard InChI is InChI=1S/C21H23N3O2S2/c1-21(2,3)16-6-10-18(11-7-16)28(25,26)23-17-8-4-15(5-9-17)19-14-24-12-13-27-20(24)22-19/h4-11,14,23H,12-13H2,1-3H3. The lowest BCUT2D eigenvalue weighted by atomic mass is 9.87. The molecular formula is C21H23N3O2S2. The third-order valence-electron chi connectivity index (χ3n) is 4.77.